The molecule has 0 bridgehead atoms. The lowest BCUT2D eigenvalue weighted by atomic mass is 10.0. The molecule has 0 spiro atoms. The van der Waals surface area contributed by atoms with Crippen LogP contribution in [0, 0.1) is 0 Å². The summed E-state index contributed by atoms with van der Waals surface area (Å²) >= 11 is 5.75. The van der Waals surface area contributed by atoms with Crippen molar-refractivity contribution in [3.8, 4) is 0 Å². The van der Waals surface area contributed by atoms with Crippen LogP contribution in [0.4, 0.5) is 8.78 Å². The maximum atomic E-state index is 14.5. The lowest BCUT2D eigenvalue weighted by Crippen LogP contribution is -2.49. The van der Waals surface area contributed by atoms with E-state index in [9.17, 15) is 23.2 Å². The van der Waals surface area contributed by atoms with Crippen molar-refractivity contribution in [2.24, 2.45) is 0 Å². The van der Waals surface area contributed by atoms with E-state index in [1.807, 2.05) is 0 Å². The van der Waals surface area contributed by atoms with E-state index in [0.717, 1.165) is 12.1 Å². The fourth-order valence-corrected chi connectivity index (χ4v) is 4.12. The highest BCUT2D eigenvalue weighted by Crippen LogP contribution is 2.31. The minimum atomic E-state index is -3.74. The van der Waals surface area contributed by atoms with Crippen molar-refractivity contribution in [1.82, 2.24) is 15.5 Å². The molecule has 0 radical (unpaired) electrons. The predicted octanol–water partition coefficient (Wildman–Crippen LogP) is 3.50. The zero-order valence-corrected chi connectivity index (χ0v) is 17.7. The standard InChI is InChI=1S/C23H20ClF2N3O3/c1-13-5-8-19(20(30)28-13)29-12-15-9-14(6-7-18(15)21(29)31)11-27-22(32)23(25,26)16-3-2-4-17(24)10-16/h2-4,6-7,9-10,19H,1,5,8,11-12H2,(H,27,32)(H,28,30). The van der Waals surface area contributed by atoms with E-state index in [4.69, 9.17) is 11.6 Å². The van der Waals surface area contributed by atoms with Gasteiger partial charge in [-0.3, -0.25) is 14.4 Å². The van der Waals surface area contributed by atoms with Gasteiger partial charge in [0.1, 0.15) is 6.04 Å². The summed E-state index contributed by atoms with van der Waals surface area (Å²) in [4.78, 5) is 38.7. The summed E-state index contributed by atoms with van der Waals surface area (Å²) in [7, 11) is 0. The quantitative estimate of drug-likeness (QED) is 0.718. The molecule has 0 aliphatic carbocycles. The third-order valence-electron chi connectivity index (χ3n) is 5.63. The molecule has 32 heavy (non-hydrogen) atoms. The molecule has 0 aromatic heterocycles. The van der Waals surface area contributed by atoms with E-state index in [1.54, 1.807) is 18.2 Å². The molecule has 2 N–H and O–H groups in total. The molecule has 9 heteroatoms. The Bertz CT molecular complexity index is 1140. The fourth-order valence-electron chi connectivity index (χ4n) is 3.93. The Morgan fingerprint density at radius 1 is 1.25 bits per heavy atom. The van der Waals surface area contributed by atoms with Gasteiger partial charge in [-0.1, -0.05) is 42.4 Å². The minimum Gasteiger partial charge on any atom is -0.346 e. The molecule has 2 aliphatic rings. The van der Waals surface area contributed by atoms with Crippen LogP contribution in [0.2, 0.25) is 5.02 Å². The first kappa shape index (κ1) is 22.0. The van der Waals surface area contributed by atoms with Crippen LogP contribution < -0.4 is 10.6 Å². The number of nitrogens with one attached hydrogen (secondary N) is 2. The van der Waals surface area contributed by atoms with Gasteiger partial charge in [0.25, 0.3) is 11.8 Å². The van der Waals surface area contributed by atoms with Crippen LogP contribution in [0.25, 0.3) is 0 Å². The number of hydrogen-bond donors (Lipinski definition) is 2. The van der Waals surface area contributed by atoms with Crippen molar-refractivity contribution < 1.29 is 23.2 Å². The summed E-state index contributed by atoms with van der Waals surface area (Å²) in [5, 5.41) is 5.03. The van der Waals surface area contributed by atoms with Gasteiger partial charge in [0.15, 0.2) is 0 Å². The van der Waals surface area contributed by atoms with Gasteiger partial charge in [0.2, 0.25) is 5.91 Å². The number of allylic oxidation sites excluding steroid dienone is 1. The number of piperidine rings is 1. The maximum absolute atomic E-state index is 14.5. The van der Waals surface area contributed by atoms with Crippen LogP contribution in [0.15, 0.2) is 54.7 Å². The zero-order chi connectivity index (χ0) is 23.0. The number of rotatable bonds is 5. The number of alkyl halides is 2. The van der Waals surface area contributed by atoms with Crippen LogP contribution in [0.1, 0.15) is 39.9 Å². The van der Waals surface area contributed by atoms with Gasteiger partial charge in [0.05, 0.1) is 0 Å². The van der Waals surface area contributed by atoms with Gasteiger partial charge in [-0.2, -0.15) is 8.78 Å². The molecule has 2 aliphatic heterocycles. The van der Waals surface area contributed by atoms with Gasteiger partial charge >= 0.3 is 5.92 Å². The summed E-state index contributed by atoms with van der Waals surface area (Å²) < 4.78 is 28.9. The van der Waals surface area contributed by atoms with Gasteiger partial charge in [0, 0.05) is 34.9 Å². The van der Waals surface area contributed by atoms with Gasteiger partial charge < -0.3 is 15.5 Å². The Morgan fingerprint density at radius 3 is 2.75 bits per heavy atom. The van der Waals surface area contributed by atoms with Crippen LogP contribution in [0.5, 0.6) is 0 Å². The molecular weight excluding hydrogens is 440 g/mol. The monoisotopic (exact) mass is 459 g/mol. The Labute approximate surface area is 188 Å². The van der Waals surface area contributed by atoms with E-state index < -0.39 is 23.4 Å². The minimum absolute atomic E-state index is 0.110. The summed E-state index contributed by atoms with van der Waals surface area (Å²) in [6.45, 7) is 3.84. The lowest BCUT2D eigenvalue weighted by molar-refractivity contribution is -0.147. The smallest absolute Gasteiger partial charge is 0.346 e. The Kier molecular flexibility index (Phi) is 5.73. The SMILES string of the molecule is C=C1CCC(N2Cc3cc(CNC(=O)C(F)(F)c4cccc(Cl)c4)ccc3C2=O)C(=O)N1. The molecular formula is C23H20ClF2N3O3. The van der Waals surface area contributed by atoms with E-state index in [1.165, 1.54) is 17.0 Å². The fraction of sp³-hybridized carbons (Fsp3) is 0.261. The zero-order valence-electron chi connectivity index (χ0n) is 17.0. The summed E-state index contributed by atoms with van der Waals surface area (Å²) in [5.74, 6) is -5.71. The second-order valence-corrected chi connectivity index (χ2v) is 8.28. The predicted molar refractivity (Wildman–Crippen MR) is 114 cm³/mol. The molecule has 3 amide bonds. The second kappa shape index (κ2) is 8.35. The number of halogens is 3. The number of amides is 3. The number of carbonyl (C=O) groups is 3. The van der Waals surface area contributed by atoms with Crippen LogP contribution in [0.3, 0.4) is 0 Å². The largest absolute Gasteiger partial charge is 0.349 e. The summed E-state index contributed by atoms with van der Waals surface area (Å²) in [6.07, 6.45) is 1.08. The molecule has 1 atom stereocenters. The first-order chi connectivity index (χ1) is 15.2. The van der Waals surface area contributed by atoms with Crippen molar-refractivity contribution in [3.05, 3.63) is 82.0 Å². The number of benzene rings is 2. The summed E-state index contributed by atoms with van der Waals surface area (Å²) in [6, 6.07) is 9.27. The lowest BCUT2D eigenvalue weighted by Gasteiger charge is -2.30. The van der Waals surface area contributed by atoms with Crippen molar-refractivity contribution in [3.63, 3.8) is 0 Å². The third-order valence-corrected chi connectivity index (χ3v) is 5.86. The highest BCUT2D eigenvalue weighted by Gasteiger charge is 2.41. The third kappa shape index (κ3) is 4.10. The van der Waals surface area contributed by atoms with Crippen molar-refractivity contribution in [1.29, 1.82) is 0 Å². The second-order valence-electron chi connectivity index (χ2n) is 7.84. The van der Waals surface area contributed by atoms with E-state index in [0.29, 0.717) is 35.2 Å². The molecule has 1 unspecified atom stereocenters. The molecule has 4 rings (SSSR count). The van der Waals surface area contributed by atoms with E-state index in [-0.39, 0.29) is 29.9 Å². The molecule has 6 nitrogen and oxygen atoms in total. The number of nitrogens with zero attached hydrogens (tertiary/aromatic N) is 1. The van der Waals surface area contributed by atoms with Crippen molar-refractivity contribution in [2.75, 3.05) is 0 Å². The molecule has 2 aromatic rings. The highest BCUT2D eigenvalue weighted by molar-refractivity contribution is 6.30. The number of fused-ring (bicyclic) bond motifs is 1. The molecule has 2 aromatic carbocycles. The van der Waals surface area contributed by atoms with Gasteiger partial charge in [-0.05, 0) is 42.2 Å². The van der Waals surface area contributed by atoms with Crippen LogP contribution in [-0.2, 0) is 28.6 Å². The average molecular weight is 460 g/mol. The Hall–Kier alpha value is -3.26. The first-order valence-corrected chi connectivity index (χ1v) is 10.4. The molecule has 0 saturated carbocycles. The molecule has 2 heterocycles. The van der Waals surface area contributed by atoms with Crippen molar-refractivity contribution >= 4 is 29.3 Å². The Balaban J connectivity index is 1.44. The van der Waals surface area contributed by atoms with Gasteiger partial charge in [-0.15, -0.1) is 0 Å². The van der Waals surface area contributed by atoms with E-state index >= 15 is 0 Å². The van der Waals surface area contributed by atoms with E-state index in [2.05, 4.69) is 17.2 Å². The number of carbonyl (C=O) groups excluding carboxylic acids is 3. The molecule has 1 fully saturated rings. The van der Waals surface area contributed by atoms with Gasteiger partial charge in [-0.25, -0.2) is 0 Å². The Morgan fingerprint density at radius 2 is 2.03 bits per heavy atom. The normalized spacial score (nSPS) is 18.4. The molecule has 166 valence electrons. The average Bonchev–Trinajstić information content (AvgIpc) is 3.07. The van der Waals surface area contributed by atoms with Crippen molar-refractivity contribution in [2.45, 2.75) is 37.9 Å². The summed E-state index contributed by atoms with van der Waals surface area (Å²) in [5.41, 5.74) is 1.84. The first-order valence-electron chi connectivity index (χ1n) is 10.0. The van der Waals surface area contributed by atoms with Crippen LogP contribution >= 0.6 is 11.6 Å². The molecule has 1 saturated heterocycles. The topological polar surface area (TPSA) is 78.5 Å². The maximum Gasteiger partial charge on any atom is 0.349 e. The van der Waals surface area contributed by atoms with Crippen LogP contribution in [-0.4, -0.2) is 28.7 Å². The highest BCUT2D eigenvalue weighted by atomic mass is 35.5. The number of hydrogen-bond acceptors (Lipinski definition) is 3.